The van der Waals surface area contributed by atoms with Crippen LogP contribution in [0.15, 0.2) is 24.3 Å². The number of carboxylic acids is 1. The number of hydrogen-bond acceptors (Lipinski definition) is 6. The Morgan fingerprint density at radius 1 is 1.14 bits per heavy atom. The molecule has 0 amide bonds. The largest absolute Gasteiger partial charge is 0.478 e. The first-order valence-corrected chi connectivity index (χ1v) is 6.64. The summed E-state index contributed by atoms with van der Waals surface area (Å²) in [5, 5.41) is 46.1. The molecule has 0 aliphatic carbocycles. The van der Waals surface area contributed by atoms with E-state index >= 15 is 0 Å². The Morgan fingerprint density at radius 2 is 1.81 bits per heavy atom. The Labute approximate surface area is 122 Å². The first kappa shape index (κ1) is 17.4. The van der Waals surface area contributed by atoms with E-state index in [9.17, 15) is 15.0 Å². The second-order valence-corrected chi connectivity index (χ2v) is 4.76. The van der Waals surface area contributed by atoms with Gasteiger partial charge in [-0.1, -0.05) is 6.07 Å². The number of aliphatic hydroxyl groups is 4. The van der Waals surface area contributed by atoms with Crippen molar-refractivity contribution in [2.24, 2.45) is 0 Å². The lowest BCUT2D eigenvalue weighted by Gasteiger charge is -2.29. The third-order valence-electron chi connectivity index (χ3n) is 2.99. The summed E-state index contributed by atoms with van der Waals surface area (Å²) in [6.45, 7) is -0.458. The van der Waals surface area contributed by atoms with Gasteiger partial charge >= 0.3 is 5.97 Å². The van der Waals surface area contributed by atoms with Crippen molar-refractivity contribution >= 4 is 11.7 Å². The van der Waals surface area contributed by atoms with E-state index in [4.69, 9.17) is 15.3 Å². The first-order valence-electron chi connectivity index (χ1n) is 6.64. The molecule has 21 heavy (non-hydrogen) atoms. The van der Waals surface area contributed by atoms with Crippen LogP contribution in [0.5, 0.6) is 0 Å². The number of carboxylic acid groups (broad SMARTS) is 1. The Morgan fingerprint density at radius 3 is 2.38 bits per heavy atom. The SMILES string of the molecule is O=C(O)c1cccc(N(CC(O)CO)CC(O)CCO)c1. The highest BCUT2D eigenvalue weighted by Gasteiger charge is 2.17. The van der Waals surface area contributed by atoms with Crippen LogP contribution in [-0.2, 0) is 0 Å². The average Bonchev–Trinajstić information content (AvgIpc) is 2.46. The number of carbonyl (C=O) groups is 1. The number of anilines is 1. The quantitative estimate of drug-likeness (QED) is 0.408. The second-order valence-electron chi connectivity index (χ2n) is 4.76. The minimum absolute atomic E-state index is 0.0437. The molecule has 5 N–H and O–H groups in total. The van der Waals surface area contributed by atoms with Gasteiger partial charge in [0, 0.05) is 25.4 Å². The third-order valence-corrected chi connectivity index (χ3v) is 2.99. The number of aliphatic hydroxyl groups excluding tert-OH is 4. The molecular weight excluding hydrogens is 278 g/mol. The molecule has 0 spiro atoms. The number of nitrogens with zero attached hydrogens (tertiary/aromatic N) is 1. The van der Waals surface area contributed by atoms with Gasteiger partial charge in [0.2, 0.25) is 0 Å². The molecule has 118 valence electrons. The fourth-order valence-electron chi connectivity index (χ4n) is 1.93. The van der Waals surface area contributed by atoms with Crippen LogP contribution in [0.3, 0.4) is 0 Å². The van der Waals surface area contributed by atoms with Crippen LogP contribution in [0.2, 0.25) is 0 Å². The van der Waals surface area contributed by atoms with Crippen molar-refractivity contribution in [3.63, 3.8) is 0 Å². The molecule has 0 aliphatic rings. The van der Waals surface area contributed by atoms with Crippen molar-refractivity contribution in [2.75, 3.05) is 31.2 Å². The van der Waals surface area contributed by atoms with E-state index in [1.165, 1.54) is 12.1 Å². The second kappa shape index (κ2) is 8.58. The van der Waals surface area contributed by atoms with E-state index in [1.807, 2.05) is 0 Å². The van der Waals surface area contributed by atoms with Gasteiger partial charge in [-0.15, -0.1) is 0 Å². The molecule has 1 aromatic carbocycles. The number of aromatic carboxylic acids is 1. The number of benzene rings is 1. The molecule has 1 aromatic rings. The Kier molecular flexibility index (Phi) is 7.10. The highest BCUT2D eigenvalue weighted by atomic mass is 16.4. The van der Waals surface area contributed by atoms with E-state index in [-0.39, 0.29) is 31.7 Å². The summed E-state index contributed by atoms with van der Waals surface area (Å²) in [5.74, 6) is -1.07. The molecule has 1 rings (SSSR count). The number of hydrogen-bond donors (Lipinski definition) is 5. The lowest BCUT2D eigenvalue weighted by Crippen LogP contribution is -2.39. The molecule has 0 heterocycles. The first-order chi connectivity index (χ1) is 9.97. The highest BCUT2D eigenvalue weighted by Crippen LogP contribution is 2.18. The predicted octanol–water partition coefficient (Wildman–Crippen LogP) is -0.712. The van der Waals surface area contributed by atoms with Gasteiger partial charge in [-0.25, -0.2) is 4.79 Å². The van der Waals surface area contributed by atoms with Gasteiger partial charge < -0.3 is 30.4 Å². The van der Waals surface area contributed by atoms with Crippen LogP contribution >= 0.6 is 0 Å². The lowest BCUT2D eigenvalue weighted by molar-refractivity contribution is 0.0697. The van der Waals surface area contributed by atoms with Gasteiger partial charge in [0.25, 0.3) is 0 Å². The Bertz CT molecular complexity index is 453. The molecular formula is C14H21NO6. The average molecular weight is 299 g/mol. The summed E-state index contributed by atoms with van der Waals surface area (Å²) >= 11 is 0. The topological polar surface area (TPSA) is 121 Å². The van der Waals surface area contributed by atoms with Crippen LogP contribution in [0.1, 0.15) is 16.8 Å². The summed E-state index contributed by atoms with van der Waals surface area (Å²) < 4.78 is 0. The zero-order valence-corrected chi connectivity index (χ0v) is 11.6. The fourth-order valence-corrected chi connectivity index (χ4v) is 1.93. The maximum atomic E-state index is 11.0. The smallest absolute Gasteiger partial charge is 0.335 e. The molecule has 2 atom stereocenters. The van der Waals surface area contributed by atoms with E-state index < -0.39 is 24.8 Å². The minimum Gasteiger partial charge on any atom is -0.478 e. The molecule has 0 saturated heterocycles. The van der Waals surface area contributed by atoms with Crippen LogP contribution in [0, 0.1) is 0 Å². The third kappa shape index (κ3) is 5.68. The summed E-state index contributed by atoms with van der Waals surface area (Å²) in [4.78, 5) is 12.6. The van der Waals surface area contributed by atoms with E-state index in [0.717, 1.165) is 0 Å². The van der Waals surface area contributed by atoms with Crippen LogP contribution in [0.4, 0.5) is 5.69 Å². The lowest BCUT2D eigenvalue weighted by atomic mass is 10.1. The molecule has 0 bridgehead atoms. The van der Waals surface area contributed by atoms with Gasteiger partial charge in [0.05, 0.1) is 24.4 Å². The van der Waals surface area contributed by atoms with Gasteiger partial charge in [-0.05, 0) is 24.6 Å². The molecule has 7 nitrogen and oxygen atoms in total. The minimum atomic E-state index is -1.07. The zero-order chi connectivity index (χ0) is 15.8. The predicted molar refractivity (Wildman–Crippen MR) is 76.4 cm³/mol. The maximum Gasteiger partial charge on any atom is 0.335 e. The summed E-state index contributed by atoms with van der Waals surface area (Å²) in [6.07, 6.45) is -1.67. The molecule has 0 aromatic heterocycles. The van der Waals surface area contributed by atoms with Gasteiger partial charge in [0.15, 0.2) is 0 Å². The molecule has 7 heteroatoms. The van der Waals surface area contributed by atoms with Crippen molar-refractivity contribution in [3.8, 4) is 0 Å². The molecule has 0 fully saturated rings. The fraction of sp³-hybridized carbons (Fsp3) is 0.500. The normalized spacial score (nSPS) is 13.7. The summed E-state index contributed by atoms with van der Waals surface area (Å²) in [5.41, 5.74) is 0.604. The van der Waals surface area contributed by atoms with Gasteiger partial charge in [0.1, 0.15) is 0 Å². The van der Waals surface area contributed by atoms with Gasteiger partial charge in [-0.2, -0.15) is 0 Å². The summed E-state index contributed by atoms with van der Waals surface area (Å²) in [7, 11) is 0. The van der Waals surface area contributed by atoms with Crippen molar-refractivity contribution in [3.05, 3.63) is 29.8 Å². The van der Waals surface area contributed by atoms with E-state index in [2.05, 4.69) is 0 Å². The van der Waals surface area contributed by atoms with Crippen molar-refractivity contribution in [1.82, 2.24) is 0 Å². The molecule has 0 saturated carbocycles. The highest BCUT2D eigenvalue weighted by molar-refractivity contribution is 5.88. The monoisotopic (exact) mass is 299 g/mol. The Balaban J connectivity index is 2.93. The van der Waals surface area contributed by atoms with Crippen LogP contribution < -0.4 is 4.90 Å². The van der Waals surface area contributed by atoms with E-state index in [1.54, 1.807) is 17.0 Å². The van der Waals surface area contributed by atoms with Crippen molar-refractivity contribution in [1.29, 1.82) is 0 Å². The van der Waals surface area contributed by atoms with Crippen LogP contribution in [0.25, 0.3) is 0 Å². The summed E-state index contributed by atoms with van der Waals surface area (Å²) in [6, 6.07) is 6.09. The molecule has 0 aliphatic heterocycles. The van der Waals surface area contributed by atoms with E-state index in [0.29, 0.717) is 5.69 Å². The van der Waals surface area contributed by atoms with Gasteiger partial charge in [-0.3, -0.25) is 0 Å². The van der Waals surface area contributed by atoms with Crippen molar-refractivity contribution in [2.45, 2.75) is 18.6 Å². The Hall–Kier alpha value is -1.67. The molecule has 0 radical (unpaired) electrons. The standard InChI is InChI=1S/C14H21NO6/c16-5-4-12(18)7-15(8-13(19)9-17)11-3-1-2-10(6-11)14(20)21/h1-3,6,12-13,16-19H,4-5,7-9H2,(H,20,21). The zero-order valence-electron chi connectivity index (χ0n) is 11.6. The van der Waals surface area contributed by atoms with Crippen LogP contribution in [-0.4, -0.2) is 70.0 Å². The maximum absolute atomic E-state index is 11.0. The molecule has 2 unspecified atom stereocenters. The number of rotatable bonds is 9. The van der Waals surface area contributed by atoms with Crippen molar-refractivity contribution < 1.29 is 30.3 Å².